The van der Waals surface area contributed by atoms with Crippen LogP contribution >= 0.6 is 0 Å². The lowest BCUT2D eigenvalue weighted by molar-refractivity contribution is -0.170. The van der Waals surface area contributed by atoms with Crippen molar-refractivity contribution >= 4 is 11.9 Å². The smallest absolute Gasteiger partial charge is 0.333 e. The number of ether oxygens (including phenoxy) is 2. The fourth-order valence-electron chi connectivity index (χ4n) is 3.68. The maximum Gasteiger partial charge on any atom is 0.333 e. The minimum absolute atomic E-state index is 0.108. The molecule has 0 aromatic heterocycles. The summed E-state index contributed by atoms with van der Waals surface area (Å²) >= 11 is 0. The first-order valence-corrected chi connectivity index (χ1v) is 7.51. The summed E-state index contributed by atoms with van der Waals surface area (Å²) in [6, 6.07) is 0. The average Bonchev–Trinajstić information content (AvgIpc) is 2.98. The van der Waals surface area contributed by atoms with Crippen LogP contribution in [-0.2, 0) is 19.1 Å². The normalized spacial score (nSPS) is 28.1. The second kappa shape index (κ2) is 5.98. The summed E-state index contributed by atoms with van der Waals surface area (Å²) < 4.78 is 11.3. The Hall–Kier alpha value is -1.32. The van der Waals surface area contributed by atoms with Crippen molar-refractivity contribution in [1.29, 1.82) is 0 Å². The first kappa shape index (κ1) is 15.1. The van der Waals surface area contributed by atoms with Gasteiger partial charge in [0.05, 0.1) is 0 Å². The van der Waals surface area contributed by atoms with Crippen molar-refractivity contribution < 1.29 is 19.1 Å². The van der Waals surface area contributed by atoms with E-state index < -0.39 is 5.60 Å². The van der Waals surface area contributed by atoms with Crippen LogP contribution in [0.15, 0.2) is 12.2 Å². The van der Waals surface area contributed by atoms with E-state index in [9.17, 15) is 9.59 Å². The van der Waals surface area contributed by atoms with Crippen molar-refractivity contribution in [2.24, 2.45) is 5.92 Å². The Morgan fingerprint density at radius 1 is 1.10 bits per heavy atom. The van der Waals surface area contributed by atoms with Gasteiger partial charge in [-0.15, -0.1) is 0 Å². The molecule has 2 fully saturated rings. The number of carbonyl (C=O) groups excluding carboxylic acids is 2. The van der Waals surface area contributed by atoms with Gasteiger partial charge in [0.1, 0.15) is 11.7 Å². The van der Waals surface area contributed by atoms with Gasteiger partial charge in [-0.3, -0.25) is 4.79 Å². The monoisotopic (exact) mass is 280 g/mol. The summed E-state index contributed by atoms with van der Waals surface area (Å²) in [6.07, 6.45) is 6.61. The van der Waals surface area contributed by atoms with E-state index in [2.05, 4.69) is 6.58 Å². The van der Waals surface area contributed by atoms with Crippen molar-refractivity contribution in [3.63, 3.8) is 0 Å². The second-order valence-electron chi connectivity index (χ2n) is 6.13. The quantitative estimate of drug-likeness (QED) is 0.586. The predicted octanol–water partition coefficient (Wildman–Crippen LogP) is 3.15. The molecule has 2 rings (SSSR count). The molecule has 2 unspecified atom stereocenters. The maximum atomic E-state index is 12.0. The summed E-state index contributed by atoms with van der Waals surface area (Å²) in [7, 11) is 0. The molecule has 0 bridgehead atoms. The van der Waals surface area contributed by atoms with E-state index in [1.54, 1.807) is 6.92 Å². The number of rotatable bonds is 4. The zero-order valence-corrected chi connectivity index (χ0v) is 12.4. The van der Waals surface area contributed by atoms with E-state index in [-0.39, 0.29) is 24.0 Å². The predicted molar refractivity (Wildman–Crippen MR) is 75.0 cm³/mol. The molecule has 0 radical (unpaired) electrons. The van der Waals surface area contributed by atoms with Gasteiger partial charge in [-0.1, -0.05) is 6.58 Å². The highest BCUT2D eigenvalue weighted by atomic mass is 16.6. The average molecular weight is 280 g/mol. The van der Waals surface area contributed by atoms with Crippen LogP contribution in [0, 0.1) is 5.92 Å². The molecule has 0 spiro atoms. The Labute approximate surface area is 120 Å². The lowest BCUT2D eigenvalue weighted by atomic mass is 9.82. The number of carbonyl (C=O) groups is 2. The third kappa shape index (κ3) is 3.05. The van der Waals surface area contributed by atoms with Crippen molar-refractivity contribution in [1.82, 2.24) is 0 Å². The van der Waals surface area contributed by atoms with Crippen LogP contribution in [0.1, 0.15) is 58.8 Å². The van der Waals surface area contributed by atoms with E-state index in [0.717, 1.165) is 44.9 Å². The number of hydrogen-bond acceptors (Lipinski definition) is 4. The Bertz CT molecular complexity index is 407. The van der Waals surface area contributed by atoms with Gasteiger partial charge in [-0.2, -0.15) is 0 Å². The first-order chi connectivity index (χ1) is 9.44. The van der Waals surface area contributed by atoms with Crippen LogP contribution in [-0.4, -0.2) is 23.6 Å². The lowest BCUT2D eigenvalue weighted by Gasteiger charge is -2.37. The minimum Gasteiger partial charge on any atom is -0.462 e. The Morgan fingerprint density at radius 2 is 1.75 bits per heavy atom. The van der Waals surface area contributed by atoms with E-state index in [1.807, 2.05) is 0 Å². The molecule has 2 saturated carbocycles. The van der Waals surface area contributed by atoms with Gasteiger partial charge in [0.15, 0.2) is 0 Å². The summed E-state index contributed by atoms with van der Waals surface area (Å²) in [5.74, 6) is -0.432. The molecule has 0 saturated heterocycles. The Morgan fingerprint density at radius 3 is 2.30 bits per heavy atom. The van der Waals surface area contributed by atoms with Gasteiger partial charge in [-0.25, -0.2) is 4.79 Å². The minimum atomic E-state index is -0.452. The fraction of sp³-hybridized carbons (Fsp3) is 0.750. The molecule has 4 heteroatoms. The van der Waals surface area contributed by atoms with Crippen LogP contribution in [0.5, 0.6) is 0 Å². The second-order valence-corrected chi connectivity index (χ2v) is 6.13. The molecule has 2 aliphatic carbocycles. The molecule has 0 aliphatic heterocycles. The van der Waals surface area contributed by atoms with Gasteiger partial charge in [-0.05, 0) is 51.9 Å². The molecule has 0 heterocycles. The van der Waals surface area contributed by atoms with Crippen LogP contribution in [0.25, 0.3) is 0 Å². The molecular weight excluding hydrogens is 256 g/mol. The van der Waals surface area contributed by atoms with Gasteiger partial charge < -0.3 is 9.47 Å². The molecule has 0 N–H and O–H groups in total. The topological polar surface area (TPSA) is 52.6 Å². The highest BCUT2D eigenvalue weighted by Crippen LogP contribution is 2.47. The van der Waals surface area contributed by atoms with Crippen LogP contribution in [0.2, 0.25) is 0 Å². The molecule has 2 aliphatic rings. The summed E-state index contributed by atoms with van der Waals surface area (Å²) in [5, 5.41) is 0. The number of hydrogen-bond donors (Lipinski definition) is 0. The van der Waals surface area contributed by atoms with E-state index in [4.69, 9.17) is 9.47 Å². The van der Waals surface area contributed by atoms with Crippen molar-refractivity contribution in [2.45, 2.75) is 70.5 Å². The molecule has 0 aromatic rings. The molecule has 0 aromatic carbocycles. The summed E-state index contributed by atoms with van der Waals surface area (Å²) in [6.45, 7) is 6.77. The van der Waals surface area contributed by atoms with E-state index in [1.165, 1.54) is 6.92 Å². The van der Waals surface area contributed by atoms with E-state index in [0.29, 0.717) is 5.57 Å². The molecule has 112 valence electrons. The highest BCUT2D eigenvalue weighted by Gasteiger charge is 2.50. The summed E-state index contributed by atoms with van der Waals surface area (Å²) in [4.78, 5) is 23.2. The van der Waals surface area contributed by atoms with Crippen LogP contribution < -0.4 is 0 Å². The zero-order valence-electron chi connectivity index (χ0n) is 12.4. The molecule has 2 atom stereocenters. The van der Waals surface area contributed by atoms with Gasteiger partial charge >= 0.3 is 11.9 Å². The largest absolute Gasteiger partial charge is 0.462 e. The van der Waals surface area contributed by atoms with Crippen molar-refractivity contribution in [2.75, 3.05) is 0 Å². The fourth-order valence-corrected chi connectivity index (χ4v) is 3.68. The molecule has 4 nitrogen and oxygen atoms in total. The maximum absolute atomic E-state index is 12.0. The third-order valence-corrected chi connectivity index (χ3v) is 4.54. The van der Waals surface area contributed by atoms with Crippen molar-refractivity contribution in [3.8, 4) is 0 Å². The SMILES string of the molecule is C=C(C)C(=O)OC1(C2CCCC2OC(C)=O)CCCC1. The standard InChI is InChI=1S/C16H24O4/c1-11(2)15(18)20-16(9-4-5-10-16)13-7-6-8-14(13)19-12(3)17/h13-14H,1,4-10H2,2-3H3. The zero-order chi connectivity index (χ0) is 14.8. The van der Waals surface area contributed by atoms with Crippen molar-refractivity contribution in [3.05, 3.63) is 12.2 Å². The van der Waals surface area contributed by atoms with E-state index >= 15 is 0 Å². The summed E-state index contributed by atoms with van der Waals surface area (Å²) in [5.41, 5.74) is -0.0227. The highest BCUT2D eigenvalue weighted by molar-refractivity contribution is 5.87. The van der Waals surface area contributed by atoms with Gasteiger partial charge in [0.2, 0.25) is 0 Å². The Kier molecular flexibility index (Phi) is 4.51. The molecular formula is C16H24O4. The number of esters is 2. The lowest BCUT2D eigenvalue weighted by Crippen LogP contribution is -2.44. The third-order valence-electron chi connectivity index (χ3n) is 4.54. The first-order valence-electron chi connectivity index (χ1n) is 7.51. The van der Waals surface area contributed by atoms with Crippen LogP contribution in [0.4, 0.5) is 0 Å². The van der Waals surface area contributed by atoms with Gasteiger partial charge in [0, 0.05) is 18.4 Å². The van der Waals surface area contributed by atoms with Gasteiger partial charge in [0.25, 0.3) is 0 Å². The molecule has 0 amide bonds. The molecule has 20 heavy (non-hydrogen) atoms. The van der Waals surface area contributed by atoms with Crippen LogP contribution in [0.3, 0.4) is 0 Å². The Balaban J connectivity index is 2.16.